The van der Waals surface area contributed by atoms with Crippen molar-refractivity contribution in [1.82, 2.24) is 4.90 Å². The lowest BCUT2D eigenvalue weighted by Crippen LogP contribution is -2.47. The van der Waals surface area contributed by atoms with Gasteiger partial charge in [-0.2, -0.15) is 0 Å². The molecular weight excluding hydrogens is 306 g/mol. The number of ether oxygens (including phenoxy) is 1. The van der Waals surface area contributed by atoms with Crippen molar-refractivity contribution in [2.75, 3.05) is 26.8 Å². The van der Waals surface area contributed by atoms with Crippen LogP contribution in [0, 0.1) is 0 Å². The number of hydrogen-bond acceptors (Lipinski definition) is 3. The second-order valence-electron chi connectivity index (χ2n) is 5.38. The van der Waals surface area contributed by atoms with Gasteiger partial charge in [0.2, 0.25) is 0 Å². The minimum absolute atomic E-state index is 0.416. The van der Waals surface area contributed by atoms with Crippen LogP contribution in [0.3, 0.4) is 0 Å². The van der Waals surface area contributed by atoms with Gasteiger partial charge in [-0.15, -0.1) is 0 Å². The van der Waals surface area contributed by atoms with Crippen molar-refractivity contribution in [1.29, 1.82) is 0 Å². The molecule has 1 aromatic carbocycles. The Kier molecular flexibility index (Phi) is 5.01. The van der Waals surface area contributed by atoms with Gasteiger partial charge in [0.15, 0.2) is 0 Å². The van der Waals surface area contributed by atoms with E-state index in [1.54, 1.807) is 7.11 Å². The maximum absolute atomic E-state index is 10.8. The summed E-state index contributed by atoms with van der Waals surface area (Å²) >= 11 is 3.43. The van der Waals surface area contributed by atoms with Gasteiger partial charge < -0.3 is 9.84 Å². The third-order valence-electron chi connectivity index (χ3n) is 4.04. The van der Waals surface area contributed by atoms with Gasteiger partial charge in [-0.05, 0) is 37.5 Å². The summed E-state index contributed by atoms with van der Waals surface area (Å²) in [6.07, 6.45) is 1.56. The molecule has 1 N–H and O–H groups in total. The number of likely N-dealkylation sites (tertiary alicyclic amines) is 1. The van der Waals surface area contributed by atoms with Crippen LogP contribution in [0.2, 0.25) is 0 Å². The second-order valence-corrected chi connectivity index (χ2v) is 6.29. The smallest absolute Gasteiger partial charge is 0.0920 e. The van der Waals surface area contributed by atoms with Gasteiger partial charge in [-0.25, -0.2) is 0 Å². The first-order valence-corrected chi connectivity index (χ1v) is 7.56. The summed E-state index contributed by atoms with van der Waals surface area (Å²) < 4.78 is 6.24. The average Bonchev–Trinajstić information content (AvgIpc) is 2.40. The number of methoxy groups -OCH3 is 1. The first-order valence-electron chi connectivity index (χ1n) is 6.76. The number of hydrogen-bond donors (Lipinski definition) is 1. The lowest BCUT2D eigenvalue weighted by Gasteiger charge is -2.41. The maximum Gasteiger partial charge on any atom is 0.0920 e. The largest absolute Gasteiger partial charge is 0.385 e. The molecule has 0 amide bonds. The summed E-state index contributed by atoms with van der Waals surface area (Å²) in [7, 11) is 1.73. The summed E-state index contributed by atoms with van der Waals surface area (Å²) in [5.74, 6) is 0. The second kappa shape index (κ2) is 6.35. The molecule has 4 heteroatoms. The fraction of sp³-hybridized carbons (Fsp3) is 0.600. The summed E-state index contributed by atoms with van der Waals surface area (Å²) in [6.45, 7) is 4.75. The number of benzene rings is 1. The van der Waals surface area contributed by atoms with Crippen LogP contribution < -0.4 is 0 Å². The van der Waals surface area contributed by atoms with Crippen LogP contribution >= 0.6 is 15.9 Å². The predicted molar refractivity (Wildman–Crippen MR) is 80.2 cm³/mol. The van der Waals surface area contributed by atoms with E-state index in [1.165, 1.54) is 0 Å². The fourth-order valence-electron chi connectivity index (χ4n) is 2.73. The zero-order chi connectivity index (χ0) is 13.9. The Morgan fingerprint density at radius 1 is 1.32 bits per heavy atom. The summed E-state index contributed by atoms with van der Waals surface area (Å²) in [6, 6.07) is 8.43. The van der Waals surface area contributed by atoms with E-state index >= 15 is 0 Å². The first-order chi connectivity index (χ1) is 9.05. The highest BCUT2D eigenvalue weighted by Gasteiger charge is 2.35. The molecule has 0 aliphatic carbocycles. The quantitative estimate of drug-likeness (QED) is 0.923. The molecule has 3 nitrogen and oxygen atoms in total. The van der Waals surface area contributed by atoms with Gasteiger partial charge >= 0.3 is 0 Å². The molecule has 0 spiro atoms. The summed E-state index contributed by atoms with van der Waals surface area (Å²) in [5.41, 5.74) is 0.346. The van der Waals surface area contributed by atoms with E-state index in [2.05, 4.69) is 27.8 Å². The Bertz CT molecular complexity index is 399. The standard InChI is InChI=1S/C15H22BrNO2/c1-12(11-19-2)17-9-7-15(18,8-10-17)13-3-5-14(16)6-4-13/h3-6,12,18H,7-11H2,1-2H3/t12-/m1/s1. The van der Waals surface area contributed by atoms with Crippen LogP contribution in [-0.2, 0) is 10.3 Å². The fourth-order valence-corrected chi connectivity index (χ4v) is 2.99. The third-order valence-corrected chi connectivity index (χ3v) is 4.57. The molecule has 2 rings (SSSR count). The van der Waals surface area contributed by atoms with Crippen LogP contribution in [-0.4, -0.2) is 42.9 Å². The zero-order valence-electron chi connectivity index (χ0n) is 11.6. The molecule has 0 saturated carbocycles. The minimum Gasteiger partial charge on any atom is -0.385 e. The van der Waals surface area contributed by atoms with Crippen molar-refractivity contribution < 1.29 is 9.84 Å². The number of nitrogens with zero attached hydrogens (tertiary/aromatic N) is 1. The Balaban J connectivity index is 1.99. The summed E-state index contributed by atoms with van der Waals surface area (Å²) in [4.78, 5) is 2.39. The zero-order valence-corrected chi connectivity index (χ0v) is 13.2. The van der Waals surface area contributed by atoms with Gasteiger partial charge in [0.1, 0.15) is 0 Å². The number of piperidine rings is 1. The van der Waals surface area contributed by atoms with Gasteiger partial charge in [0, 0.05) is 30.7 Å². The Hall–Kier alpha value is -0.420. The molecule has 19 heavy (non-hydrogen) atoms. The molecule has 1 aliphatic rings. The van der Waals surface area contributed by atoms with Gasteiger partial charge in [-0.1, -0.05) is 28.1 Å². The Labute approximate surface area is 123 Å². The number of aliphatic hydroxyl groups is 1. The van der Waals surface area contributed by atoms with Crippen LogP contribution in [0.15, 0.2) is 28.7 Å². The monoisotopic (exact) mass is 327 g/mol. The highest BCUT2D eigenvalue weighted by atomic mass is 79.9. The molecule has 1 aromatic rings. The molecular formula is C15H22BrNO2. The van der Waals surface area contributed by atoms with Crippen LogP contribution in [0.1, 0.15) is 25.3 Å². The van der Waals surface area contributed by atoms with E-state index in [4.69, 9.17) is 4.74 Å². The van der Waals surface area contributed by atoms with E-state index in [0.717, 1.165) is 42.6 Å². The summed E-state index contributed by atoms with van der Waals surface area (Å²) in [5, 5.41) is 10.8. The molecule has 1 saturated heterocycles. The molecule has 0 bridgehead atoms. The van der Waals surface area contributed by atoms with Crippen molar-refractivity contribution in [3.05, 3.63) is 34.3 Å². The van der Waals surface area contributed by atoms with Crippen molar-refractivity contribution in [2.24, 2.45) is 0 Å². The SMILES string of the molecule is COC[C@@H](C)N1CCC(O)(c2ccc(Br)cc2)CC1. The van der Waals surface area contributed by atoms with Crippen LogP contribution in [0.5, 0.6) is 0 Å². The van der Waals surface area contributed by atoms with Crippen molar-refractivity contribution >= 4 is 15.9 Å². The van der Waals surface area contributed by atoms with E-state index < -0.39 is 5.60 Å². The van der Waals surface area contributed by atoms with Gasteiger partial charge in [0.25, 0.3) is 0 Å². The van der Waals surface area contributed by atoms with Crippen molar-refractivity contribution in [3.63, 3.8) is 0 Å². The van der Waals surface area contributed by atoms with Crippen LogP contribution in [0.25, 0.3) is 0 Å². The number of halogens is 1. The Morgan fingerprint density at radius 2 is 1.89 bits per heavy atom. The number of rotatable bonds is 4. The molecule has 1 heterocycles. The minimum atomic E-state index is -0.677. The Morgan fingerprint density at radius 3 is 2.42 bits per heavy atom. The molecule has 0 radical (unpaired) electrons. The predicted octanol–water partition coefficient (Wildman–Crippen LogP) is 2.77. The van der Waals surface area contributed by atoms with Gasteiger partial charge in [0.05, 0.1) is 12.2 Å². The molecule has 1 atom stereocenters. The van der Waals surface area contributed by atoms with E-state index in [9.17, 15) is 5.11 Å². The molecule has 0 aromatic heterocycles. The van der Waals surface area contributed by atoms with E-state index in [0.29, 0.717) is 6.04 Å². The van der Waals surface area contributed by atoms with E-state index in [-0.39, 0.29) is 0 Å². The van der Waals surface area contributed by atoms with Crippen molar-refractivity contribution in [3.8, 4) is 0 Å². The average molecular weight is 328 g/mol. The van der Waals surface area contributed by atoms with Crippen LogP contribution in [0.4, 0.5) is 0 Å². The van der Waals surface area contributed by atoms with Gasteiger partial charge in [-0.3, -0.25) is 4.90 Å². The molecule has 106 valence electrons. The lowest BCUT2D eigenvalue weighted by atomic mass is 9.84. The molecule has 1 fully saturated rings. The highest BCUT2D eigenvalue weighted by molar-refractivity contribution is 9.10. The first kappa shape index (κ1) is 15.0. The highest BCUT2D eigenvalue weighted by Crippen LogP contribution is 2.33. The lowest BCUT2D eigenvalue weighted by molar-refractivity contribution is -0.0411. The molecule has 1 aliphatic heterocycles. The normalized spacial score (nSPS) is 21.3. The topological polar surface area (TPSA) is 32.7 Å². The molecule has 0 unspecified atom stereocenters. The third kappa shape index (κ3) is 3.57. The van der Waals surface area contributed by atoms with E-state index in [1.807, 2.05) is 24.3 Å². The van der Waals surface area contributed by atoms with Crippen molar-refractivity contribution in [2.45, 2.75) is 31.4 Å². The maximum atomic E-state index is 10.8.